The minimum atomic E-state index is -0.0446. The minimum absolute atomic E-state index is 0.0446. The van der Waals surface area contributed by atoms with Crippen LogP contribution in [0.1, 0.15) is 97.8 Å². The molecule has 0 saturated heterocycles. The molecule has 0 fully saturated rings. The first-order valence-corrected chi connectivity index (χ1v) is 10.6. The SMILES string of the molecule is CCCCCCCCCCCCNC(=O)C1CC(C)=C(C)CC1CO. The van der Waals surface area contributed by atoms with Gasteiger partial charge in [-0.1, -0.05) is 75.9 Å². The van der Waals surface area contributed by atoms with E-state index in [-0.39, 0.29) is 24.3 Å². The number of carbonyl (C=O) groups excluding carboxylic acids is 1. The summed E-state index contributed by atoms with van der Waals surface area (Å²) in [5, 5.41) is 12.7. The fourth-order valence-electron chi connectivity index (χ4n) is 3.83. The number of unbranched alkanes of at least 4 members (excludes halogenated alkanes) is 9. The molecule has 2 N–H and O–H groups in total. The van der Waals surface area contributed by atoms with Crippen LogP contribution in [-0.4, -0.2) is 24.2 Å². The van der Waals surface area contributed by atoms with Crippen molar-refractivity contribution in [2.45, 2.75) is 97.8 Å². The Morgan fingerprint density at radius 2 is 1.44 bits per heavy atom. The minimum Gasteiger partial charge on any atom is -0.396 e. The average Bonchev–Trinajstić information content (AvgIpc) is 2.61. The van der Waals surface area contributed by atoms with Gasteiger partial charge in [0.25, 0.3) is 0 Å². The van der Waals surface area contributed by atoms with Gasteiger partial charge in [-0.05, 0) is 39.0 Å². The van der Waals surface area contributed by atoms with E-state index in [1.54, 1.807) is 0 Å². The van der Waals surface area contributed by atoms with E-state index in [4.69, 9.17) is 0 Å². The molecule has 0 saturated carbocycles. The second kappa shape index (κ2) is 13.4. The van der Waals surface area contributed by atoms with Crippen LogP contribution in [0.2, 0.25) is 0 Å². The maximum absolute atomic E-state index is 12.4. The van der Waals surface area contributed by atoms with Gasteiger partial charge in [0.1, 0.15) is 0 Å². The molecular weight excluding hydrogens is 310 g/mol. The summed E-state index contributed by atoms with van der Waals surface area (Å²) in [5.41, 5.74) is 2.67. The van der Waals surface area contributed by atoms with Crippen molar-refractivity contribution in [3.05, 3.63) is 11.1 Å². The second-order valence-electron chi connectivity index (χ2n) is 7.99. The second-order valence-corrected chi connectivity index (χ2v) is 7.99. The quantitative estimate of drug-likeness (QED) is 0.346. The third-order valence-corrected chi connectivity index (χ3v) is 5.79. The highest BCUT2D eigenvalue weighted by Crippen LogP contribution is 2.33. The molecule has 3 nitrogen and oxygen atoms in total. The third-order valence-electron chi connectivity index (χ3n) is 5.79. The summed E-state index contributed by atoms with van der Waals surface area (Å²) in [5.74, 6) is 0.190. The number of carbonyl (C=O) groups is 1. The number of allylic oxidation sites excluding steroid dienone is 2. The van der Waals surface area contributed by atoms with Crippen molar-refractivity contribution in [1.82, 2.24) is 5.32 Å². The van der Waals surface area contributed by atoms with Crippen LogP contribution in [-0.2, 0) is 4.79 Å². The third kappa shape index (κ3) is 8.89. The molecule has 0 aromatic carbocycles. The van der Waals surface area contributed by atoms with Crippen LogP contribution in [0.3, 0.4) is 0 Å². The molecule has 2 unspecified atom stereocenters. The summed E-state index contributed by atoms with van der Waals surface area (Å²) in [6.45, 7) is 7.39. The van der Waals surface area contributed by atoms with Crippen LogP contribution in [0.15, 0.2) is 11.1 Å². The highest BCUT2D eigenvalue weighted by Gasteiger charge is 2.31. The van der Waals surface area contributed by atoms with E-state index in [2.05, 4.69) is 26.1 Å². The fraction of sp³-hybridized carbons (Fsp3) is 0.864. The van der Waals surface area contributed by atoms with E-state index in [0.717, 1.165) is 25.8 Å². The predicted octanol–water partition coefficient (Wildman–Crippen LogP) is 5.38. The molecule has 0 aromatic heterocycles. The topological polar surface area (TPSA) is 49.3 Å². The van der Waals surface area contributed by atoms with Gasteiger partial charge in [0.15, 0.2) is 0 Å². The van der Waals surface area contributed by atoms with E-state index in [1.165, 1.54) is 68.9 Å². The van der Waals surface area contributed by atoms with Crippen molar-refractivity contribution in [3.8, 4) is 0 Å². The molecule has 1 rings (SSSR count). The Morgan fingerprint density at radius 1 is 0.920 bits per heavy atom. The van der Waals surface area contributed by atoms with Crippen molar-refractivity contribution < 1.29 is 9.90 Å². The largest absolute Gasteiger partial charge is 0.396 e. The van der Waals surface area contributed by atoms with Gasteiger partial charge in [0.05, 0.1) is 0 Å². The summed E-state index contributed by atoms with van der Waals surface area (Å²) in [6.07, 6.45) is 14.8. The van der Waals surface area contributed by atoms with Gasteiger partial charge in [-0.25, -0.2) is 0 Å². The maximum Gasteiger partial charge on any atom is 0.223 e. The van der Waals surface area contributed by atoms with Gasteiger partial charge in [-0.3, -0.25) is 4.79 Å². The monoisotopic (exact) mass is 351 g/mol. The summed E-state index contributed by atoms with van der Waals surface area (Å²) < 4.78 is 0. The van der Waals surface area contributed by atoms with Crippen molar-refractivity contribution >= 4 is 5.91 Å². The molecule has 3 heteroatoms. The molecule has 2 atom stereocenters. The number of nitrogens with one attached hydrogen (secondary N) is 1. The van der Waals surface area contributed by atoms with Gasteiger partial charge >= 0.3 is 0 Å². The first kappa shape index (κ1) is 22.2. The Labute approximate surface area is 155 Å². The van der Waals surface area contributed by atoms with Gasteiger partial charge < -0.3 is 10.4 Å². The van der Waals surface area contributed by atoms with E-state index in [1.807, 2.05) is 0 Å². The van der Waals surface area contributed by atoms with Crippen LogP contribution < -0.4 is 5.32 Å². The summed E-state index contributed by atoms with van der Waals surface area (Å²) in [4.78, 5) is 12.4. The highest BCUT2D eigenvalue weighted by atomic mass is 16.3. The van der Waals surface area contributed by atoms with E-state index < -0.39 is 0 Å². The molecule has 0 heterocycles. The number of hydrogen-bond acceptors (Lipinski definition) is 2. The highest BCUT2D eigenvalue weighted by molar-refractivity contribution is 5.79. The Kier molecular flexibility index (Phi) is 11.9. The van der Waals surface area contributed by atoms with Gasteiger partial charge in [-0.15, -0.1) is 0 Å². The molecule has 0 spiro atoms. The zero-order valence-electron chi connectivity index (χ0n) is 16.9. The fourth-order valence-corrected chi connectivity index (χ4v) is 3.83. The lowest BCUT2D eigenvalue weighted by Gasteiger charge is -2.31. The van der Waals surface area contributed by atoms with Crippen LogP contribution in [0.5, 0.6) is 0 Å². The molecule has 0 bridgehead atoms. The average molecular weight is 352 g/mol. The van der Waals surface area contributed by atoms with E-state index in [9.17, 15) is 9.90 Å². The number of amides is 1. The summed E-state index contributed by atoms with van der Waals surface area (Å²) in [7, 11) is 0. The lowest BCUT2D eigenvalue weighted by Crippen LogP contribution is -2.38. The first-order chi connectivity index (χ1) is 12.1. The van der Waals surface area contributed by atoms with Crippen molar-refractivity contribution in [2.24, 2.45) is 11.8 Å². The Morgan fingerprint density at radius 3 is 2.00 bits per heavy atom. The number of rotatable bonds is 13. The lowest BCUT2D eigenvalue weighted by molar-refractivity contribution is -0.127. The predicted molar refractivity (Wildman–Crippen MR) is 107 cm³/mol. The van der Waals surface area contributed by atoms with Crippen molar-refractivity contribution in [2.75, 3.05) is 13.2 Å². The number of aliphatic hydroxyl groups is 1. The van der Waals surface area contributed by atoms with Crippen LogP contribution >= 0.6 is 0 Å². The molecule has 0 aliphatic heterocycles. The zero-order chi connectivity index (χ0) is 18.5. The Bertz CT molecular complexity index is 403. The van der Waals surface area contributed by atoms with E-state index in [0.29, 0.717) is 0 Å². The molecule has 0 radical (unpaired) electrons. The summed E-state index contributed by atoms with van der Waals surface area (Å²) in [6, 6.07) is 0. The number of aliphatic hydroxyl groups excluding tert-OH is 1. The first-order valence-electron chi connectivity index (χ1n) is 10.6. The Hall–Kier alpha value is -0.830. The van der Waals surface area contributed by atoms with Crippen LogP contribution in [0, 0.1) is 11.8 Å². The van der Waals surface area contributed by atoms with Gasteiger partial charge in [-0.2, -0.15) is 0 Å². The molecule has 1 aliphatic carbocycles. The lowest BCUT2D eigenvalue weighted by atomic mass is 9.76. The van der Waals surface area contributed by atoms with E-state index >= 15 is 0 Å². The maximum atomic E-state index is 12.4. The standard InChI is InChI=1S/C22H41NO2/c1-4-5-6-7-8-9-10-11-12-13-14-23-22(25)21-16-19(3)18(2)15-20(21)17-24/h20-21,24H,4-17H2,1-3H3,(H,23,25). The smallest absolute Gasteiger partial charge is 0.223 e. The molecule has 25 heavy (non-hydrogen) atoms. The van der Waals surface area contributed by atoms with Crippen LogP contribution in [0.25, 0.3) is 0 Å². The molecule has 146 valence electrons. The molecule has 1 amide bonds. The normalized spacial score (nSPS) is 20.8. The molecule has 0 aromatic rings. The van der Waals surface area contributed by atoms with Crippen molar-refractivity contribution in [3.63, 3.8) is 0 Å². The zero-order valence-corrected chi connectivity index (χ0v) is 16.9. The van der Waals surface area contributed by atoms with Crippen LogP contribution in [0.4, 0.5) is 0 Å². The number of hydrogen-bond donors (Lipinski definition) is 2. The van der Waals surface area contributed by atoms with Gasteiger partial charge in [0, 0.05) is 19.1 Å². The van der Waals surface area contributed by atoms with Crippen molar-refractivity contribution in [1.29, 1.82) is 0 Å². The molecular formula is C22H41NO2. The summed E-state index contributed by atoms with van der Waals surface area (Å²) >= 11 is 0. The Balaban J connectivity index is 2.07. The van der Waals surface area contributed by atoms with Gasteiger partial charge in [0.2, 0.25) is 5.91 Å². The molecule has 1 aliphatic rings.